The molecule has 0 bridgehead atoms. The number of aliphatic carboxylic acids is 1. The molecule has 116 valence electrons. The second-order valence-electron chi connectivity index (χ2n) is 5.70. The van der Waals surface area contributed by atoms with Gasteiger partial charge in [0.15, 0.2) is 0 Å². The van der Waals surface area contributed by atoms with Crippen molar-refractivity contribution in [3.63, 3.8) is 0 Å². The van der Waals surface area contributed by atoms with E-state index in [2.05, 4.69) is 0 Å². The fraction of sp³-hybridized carbons (Fsp3) is 0.533. The summed E-state index contributed by atoms with van der Waals surface area (Å²) in [4.78, 5) is 11.6. The van der Waals surface area contributed by atoms with E-state index in [1.54, 1.807) is 13.8 Å². The zero-order valence-electron chi connectivity index (χ0n) is 12.8. The molecule has 21 heavy (non-hydrogen) atoms. The Bertz CT molecular complexity index is 668. The van der Waals surface area contributed by atoms with Crippen molar-refractivity contribution in [1.82, 2.24) is 4.31 Å². The highest BCUT2D eigenvalue weighted by molar-refractivity contribution is 7.89. The molecule has 0 radical (unpaired) electrons. The molecule has 0 spiro atoms. The molecule has 6 heteroatoms. The van der Waals surface area contributed by atoms with Crippen LogP contribution in [0.3, 0.4) is 0 Å². The van der Waals surface area contributed by atoms with Gasteiger partial charge in [-0.3, -0.25) is 4.79 Å². The van der Waals surface area contributed by atoms with E-state index < -0.39 is 22.0 Å². The van der Waals surface area contributed by atoms with E-state index in [1.807, 2.05) is 19.9 Å². The Morgan fingerprint density at radius 3 is 2.19 bits per heavy atom. The normalized spacial score (nSPS) is 19.9. The molecule has 1 N–H and O–H groups in total. The van der Waals surface area contributed by atoms with Crippen LogP contribution >= 0.6 is 0 Å². The first-order chi connectivity index (χ1) is 9.67. The predicted octanol–water partition coefficient (Wildman–Crippen LogP) is 2.16. The number of hydrogen-bond acceptors (Lipinski definition) is 3. The van der Waals surface area contributed by atoms with Crippen molar-refractivity contribution in [2.24, 2.45) is 0 Å². The summed E-state index contributed by atoms with van der Waals surface area (Å²) < 4.78 is 27.1. The summed E-state index contributed by atoms with van der Waals surface area (Å²) in [5, 5.41) is 9.24. The Balaban J connectivity index is 2.63. The highest BCUT2D eigenvalue weighted by atomic mass is 32.2. The van der Waals surface area contributed by atoms with Gasteiger partial charge >= 0.3 is 5.97 Å². The third-order valence-corrected chi connectivity index (χ3v) is 6.54. The lowest BCUT2D eigenvalue weighted by Gasteiger charge is -2.24. The zero-order valence-corrected chi connectivity index (χ0v) is 13.6. The van der Waals surface area contributed by atoms with Crippen molar-refractivity contribution in [3.05, 3.63) is 28.3 Å². The highest BCUT2D eigenvalue weighted by Gasteiger charge is 2.40. The molecule has 0 unspecified atom stereocenters. The first-order valence-corrected chi connectivity index (χ1v) is 8.44. The summed E-state index contributed by atoms with van der Waals surface area (Å²) in [7, 11) is -3.79. The molecule has 1 aromatic carbocycles. The lowest BCUT2D eigenvalue weighted by Crippen LogP contribution is -2.41. The number of carboxylic acids is 1. The molecule has 1 fully saturated rings. The van der Waals surface area contributed by atoms with E-state index >= 15 is 0 Å². The van der Waals surface area contributed by atoms with Crippen LogP contribution in [0.15, 0.2) is 11.0 Å². The molecule has 1 aromatic rings. The van der Waals surface area contributed by atoms with Crippen LogP contribution in [-0.4, -0.2) is 36.4 Å². The van der Waals surface area contributed by atoms with Gasteiger partial charge in [-0.1, -0.05) is 6.07 Å². The lowest BCUT2D eigenvalue weighted by atomic mass is 10.0. The zero-order chi connectivity index (χ0) is 15.9. The van der Waals surface area contributed by atoms with Gasteiger partial charge in [0.1, 0.15) is 6.04 Å². The van der Waals surface area contributed by atoms with Gasteiger partial charge in [-0.05, 0) is 62.8 Å². The van der Waals surface area contributed by atoms with Crippen molar-refractivity contribution in [3.8, 4) is 0 Å². The van der Waals surface area contributed by atoms with Gasteiger partial charge in [0.25, 0.3) is 0 Å². The van der Waals surface area contributed by atoms with Crippen LogP contribution in [0.25, 0.3) is 0 Å². The van der Waals surface area contributed by atoms with Gasteiger partial charge in [-0.15, -0.1) is 0 Å². The average molecular weight is 311 g/mol. The van der Waals surface area contributed by atoms with Crippen molar-refractivity contribution in [1.29, 1.82) is 0 Å². The van der Waals surface area contributed by atoms with Crippen molar-refractivity contribution in [2.45, 2.75) is 51.5 Å². The number of rotatable bonds is 3. The molecule has 0 aliphatic carbocycles. The van der Waals surface area contributed by atoms with E-state index in [0.717, 1.165) is 15.4 Å². The summed E-state index contributed by atoms with van der Waals surface area (Å²) in [5.74, 6) is -1.07. The van der Waals surface area contributed by atoms with Crippen molar-refractivity contribution >= 4 is 16.0 Å². The quantitative estimate of drug-likeness (QED) is 0.928. The van der Waals surface area contributed by atoms with Crippen LogP contribution < -0.4 is 0 Å². The van der Waals surface area contributed by atoms with Gasteiger partial charge in [0.05, 0.1) is 4.90 Å². The Morgan fingerprint density at radius 1 is 1.19 bits per heavy atom. The minimum atomic E-state index is -3.79. The van der Waals surface area contributed by atoms with Gasteiger partial charge < -0.3 is 5.11 Å². The van der Waals surface area contributed by atoms with Crippen molar-refractivity contribution < 1.29 is 18.3 Å². The molecule has 0 aromatic heterocycles. The number of aryl methyl sites for hydroxylation is 2. The molecule has 5 nitrogen and oxygen atoms in total. The van der Waals surface area contributed by atoms with Crippen molar-refractivity contribution in [2.75, 3.05) is 6.54 Å². The maximum atomic E-state index is 13.0. The maximum absolute atomic E-state index is 13.0. The Kier molecular flexibility index (Phi) is 4.13. The van der Waals surface area contributed by atoms with Gasteiger partial charge in [-0.2, -0.15) is 4.31 Å². The van der Waals surface area contributed by atoms with E-state index in [4.69, 9.17) is 0 Å². The van der Waals surface area contributed by atoms with Crippen LogP contribution in [0.1, 0.15) is 35.1 Å². The van der Waals surface area contributed by atoms with Crippen LogP contribution in [-0.2, 0) is 14.8 Å². The van der Waals surface area contributed by atoms with E-state index in [1.165, 1.54) is 0 Å². The average Bonchev–Trinajstić information content (AvgIpc) is 2.86. The Morgan fingerprint density at radius 2 is 1.71 bits per heavy atom. The largest absolute Gasteiger partial charge is 0.480 e. The number of carboxylic acid groups (broad SMARTS) is 1. The summed E-state index contributed by atoms with van der Waals surface area (Å²) in [6.45, 7) is 7.57. The molecule has 1 saturated heterocycles. The van der Waals surface area contributed by atoms with Crippen LogP contribution in [0.2, 0.25) is 0 Å². The Hall–Kier alpha value is -1.40. The second kappa shape index (κ2) is 5.42. The van der Waals surface area contributed by atoms with Gasteiger partial charge in [0, 0.05) is 6.54 Å². The number of benzene rings is 1. The molecular formula is C15H21NO4S. The minimum absolute atomic E-state index is 0.269. The second-order valence-corrected chi connectivity index (χ2v) is 7.53. The summed E-state index contributed by atoms with van der Waals surface area (Å²) in [5.41, 5.74) is 3.22. The molecule has 1 aliphatic heterocycles. The highest BCUT2D eigenvalue weighted by Crippen LogP contribution is 2.32. The SMILES string of the molecule is Cc1cc(C)c(C)c(S(=O)(=O)N2CCC[C@@H]2C(=O)O)c1C. The van der Waals surface area contributed by atoms with Crippen LogP contribution in [0.4, 0.5) is 0 Å². The molecule has 1 heterocycles. The predicted molar refractivity (Wildman–Crippen MR) is 79.9 cm³/mol. The smallest absolute Gasteiger partial charge is 0.322 e. The molecule has 0 saturated carbocycles. The minimum Gasteiger partial charge on any atom is -0.480 e. The Labute approximate surface area is 125 Å². The van der Waals surface area contributed by atoms with Gasteiger partial charge in [0.2, 0.25) is 10.0 Å². The standard InChI is InChI=1S/C15H21NO4S/c1-9-8-10(2)12(4)14(11(9)3)21(19,20)16-7-5-6-13(16)15(17)18/h8,13H,5-7H2,1-4H3,(H,17,18)/t13-/m1/s1. The third-order valence-electron chi connectivity index (χ3n) is 4.35. The lowest BCUT2D eigenvalue weighted by molar-refractivity contribution is -0.140. The fourth-order valence-electron chi connectivity index (χ4n) is 2.96. The monoisotopic (exact) mass is 311 g/mol. The maximum Gasteiger partial charge on any atom is 0.322 e. The van der Waals surface area contributed by atoms with Gasteiger partial charge in [-0.25, -0.2) is 8.42 Å². The van der Waals surface area contributed by atoms with E-state index in [9.17, 15) is 18.3 Å². The molecule has 2 rings (SSSR count). The molecule has 0 amide bonds. The first-order valence-electron chi connectivity index (χ1n) is 7.00. The summed E-state index contributed by atoms with van der Waals surface area (Å²) in [6, 6.07) is 1.01. The number of nitrogens with zero attached hydrogens (tertiary/aromatic N) is 1. The fourth-order valence-corrected chi connectivity index (χ4v) is 5.19. The topological polar surface area (TPSA) is 74.7 Å². The number of sulfonamides is 1. The first kappa shape index (κ1) is 16.0. The molecule has 1 aliphatic rings. The number of hydrogen-bond donors (Lipinski definition) is 1. The van der Waals surface area contributed by atoms with E-state index in [-0.39, 0.29) is 11.4 Å². The third kappa shape index (κ3) is 2.58. The summed E-state index contributed by atoms with van der Waals surface area (Å²) >= 11 is 0. The van der Waals surface area contributed by atoms with Crippen LogP contribution in [0.5, 0.6) is 0 Å². The molecule has 1 atom stereocenters. The molecular weight excluding hydrogens is 290 g/mol. The number of carbonyl (C=O) groups is 1. The van der Waals surface area contributed by atoms with E-state index in [0.29, 0.717) is 24.0 Å². The van der Waals surface area contributed by atoms with Crippen LogP contribution in [0, 0.1) is 27.7 Å². The summed E-state index contributed by atoms with van der Waals surface area (Å²) in [6.07, 6.45) is 0.955.